The van der Waals surface area contributed by atoms with E-state index < -0.39 is 0 Å². The third-order valence-corrected chi connectivity index (χ3v) is 5.65. The van der Waals surface area contributed by atoms with Crippen LogP contribution in [0.5, 0.6) is 11.5 Å². The van der Waals surface area contributed by atoms with Crippen LogP contribution in [0.4, 0.5) is 5.82 Å². The van der Waals surface area contributed by atoms with Crippen LogP contribution >= 0.6 is 0 Å². The van der Waals surface area contributed by atoms with Crippen LogP contribution in [0, 0.1) is 0 Å². The molecule has 3 heterocycles. The number of nitrogens with two attached hydrogens (primary N) is 1. The minimum absolute atomic E-state index is 0.0337. The molecule has 1 atom stereocenters. The van der Waals surface area contributed by atoms with Gasteiger partial charge in [-0.25, -0.2) is 14.6 Å². The molecule has 1 fully saturated rings. The predicted octanol–water partition coefficient (Wildman–Crippen LogP) is 2.17. The Balaban J connectivity index is 1.63. The Bertz CT molecular complexity index is 1100. The molecule has 0 bridgehead atoms. The van der Waals surface area contributed by atoms with E-state index in [1.807, 2.05) is 22.9 Å². The number of hydrogen-bond acceptors (Lipinski definition) is 7. The first kappa shape index (κ1) is 20.6. The van der Waals surface area contributed by atoms with Gasteiger partial charge in [0.1, 0.15) is 23.6 Å². The molecule has 4 rings (SSSR count). The van der Waals surface area contributed by atoms with E-state index in [1.165, 1.54) is 12.4 Å². The monoisotopic (exact) mass is 422 g/mol. The van der Waals surface area contributed by atoms with Crippen LogP contribution in [0.2, 0.25) is 0 Å². The van der Waals surface area contributed by atoms with E-state index in [2.05, 4.69) is 16.5 Å². The minimum Gasteiger partial charge on any atom is -0.497 e. The lowest BCUT2D eigenvalue weighted by Crippen LogP contribution is -2.27. The number of methoxy groups -OCH3 is 2. The van der Waals surface area contributed by atoms with E-state index >= 15 is 0 Å². The summed E-state index contributed by atoms with van der Waals surface area (Å²) < 4.78 is 12.6. The number of carbonyl (C=O) groups is 1. The smallest absolute Gasteiger partial charge is 0.246 e. The first-order valence-corrected chi connectivity index (χ1v) is 10.1. The Labute approximate surface area is 180 Å². The molecule has 9 heteroatoms. The van der Waals surface area contributed by atoms with Crippen molar-refractivity contribution in [3.63, 3.8) is 0 Å². The lowest BCUT2D eigenvalue weighted by Gasteiger charge is -2.14. The summed E-state index contributed by atoms with van der Waals surface area (Å²) in [5.41, 5.74) is 8.81. The van der Waals surface area contributed by atoms with E-state index in [4.69, 9.17) is 20.3 Å². The standard InChI is InChI=1S/C22H26N6O3/c1-4-19(29)27-8-7-15(12-27)28-22-20(21(23)24-13-25-22)18(26-28)6-5-14-9-16(30-2)11-17(10-14)31-3/h4,9-11,13,15H,1,5-8,12H2,2-3H3,(H2,23,24,25)/t15-/m0/s1. The van der Waals surface area contributed by atoms with Crippen LogP contribution in [0.25, 0.3) is 11.0 Å². The summed E-state index contributed by atoms with van der Waals surface area (Å²) in [6.07, 6.45) is 4.97. The van der Waals surface area contributed by atoms with Gasteiger partial charge in [-0.05, 0) is 43.0 Å². The Hall–Kier alpha value is -3.62. The van der Waals surface area contributed by atoms with Crippen molar-refractivity contribution in [1.29, 1.82) is 0 Å². The maximum atomic E-state index is 12.0. The van der Waals surface area contributed by atoms with Gasteiger partial charge in [0.15, 0.2) is 5.65 Å². The van der Waals surface area contributed by atoms with E-state index in [9.17, 15) is 4.79 Å². The number of aromatic nitrogens is 4. The molecule has 162 valence electrons. The molecule has 0 aliphatic carbocycles. The molecule has 0 saturated carbocycles. The van der Waals surface area contributed by atoms with Gasteiger partial charge in [-0.1, -0.05) is 6.58 Å². The third-order valence-electron chi connectivity index (χ3n) is 5.65. The third kappa shape index (κ3) is 4.03. The number of rotatable bonds is 7. The van der Waals surface area contributed by atoms with Gasteiger partial charge in [0, 0.05) is 19.2 Å². The fraction of sp³-hybridized carbons (Fsp3) is 0.364. The Morgan fingerprint density at radius 2 is 1.97 bits per heavy atom. The Morgan fingerprint density at radius 3 is 2.65 bits per heavy atom. The van der Waals surface area contributed by atoms with Crippen LogP contribution in [-0.2, 0) is 17.6 Å². The quantitative estimate of drug-likeness (QED) is 0.581. The number of aryl methyl sites for hydroxylation is 2. The summed E-state index contributed by atoms with van der Waals surface area (Å²) in [7, 11) is 3.27. The molecule has 0 unspecified atom stereocenters. The maximum Gasteiger partial charge on any atom is 0.246 e. The van der Waals surface area contributed by atoms with Crippen molar-refractivity contribution in [2.45, 2.75) is 25.3 Å². The van der Waals surface area contributed by atoms with E-state index in [0.29, 0.717) is 31.0 Å². The molecular weight excluding hydrogens is 396 g/mol. The molecule has 1 saturated heterocycles. The van der Waals surface area contributed by atoms with Crippen LogP contribution < -0.4 is 15.2 Å². The number of amides is 1. The number of anilines is 1. The highest BCUT2D eigenvalue weighted by molar-refractivity contribution is 5.89. The molecule has 0 spiro atoms. The normalized spacial score (nSPS) is 15.9. The first-order valence-electron chi connectivity index (χ1n) is 10.1. The second-order valence-electron chi connectivity index (χ2n) is 7.50. The van der Waals surface area contributed by atoms with Crippen molar-refractivity contribution in [3.8, 4) is 11.5 Å². The SMILES string of the molecule is C=CC(=O)N1CC[C@H](n2nc(CCc3cc(OC)cc(OC)c3)c3c(N)ncnc32)C1. The van der Waals surface area contributed by atoms with Gasteiger partial charge in [0.05, 0.1) is 31.3 Å². The lowest BCUT2D eigenvalue weighted by atomic mass is 10.1. The summed E-state index contributed by atoms with van der Waals surface area (Å²) in [5, 5.41) is 5.63. The van der Waals surface area contributed by atoms with Crippen molar-refractivity contribution >= 4 is 22.8 Å². The van der Waals surface area contributed by atoms with Gasteiger partial charge in [0.2, 0.25) is 5.91 Å². The summed E-state index contributed by atoms with van der Waals surface area (Å²) in [6, 6.07) is 5.84. The molecule has 3 aromatic rings. The minimum atomic E-state index is -0.0692. The highest BCUT2D eigenvalue weighted by atomic mass is 16.5. The number of carbonyl (C=O) groups excluding carboxylic acids is 1. The van der Waals surface area contributed by atoms with Crippen molar-refractivity contribution in [2.75, 3.05) is 33.0 Å². The van der Waals surface area contributed by atoms with Gasteiger partial charge < -0.3 is 20.1 Å². The van der Waals surface area contributed by atoms with Crippen LogP contribution in [-0.4, -0.2) is 57.9 Å². The van der Waals surface area contributed by atoms with Gasteiger partial charge in [-0.15, -0.1) is 0 Å². The molecule has 2 aromatic heterocycles. The predicted molar refractivity (Wildman–Crippen MR) is 117 cm³/mol. The Kier molecular flexibility index (Phi) is 5.75. The summed E-state index contributed by atoms with van der Waals surface area (Å²) >= 11 is 0. The zero-order chi connectivity index (χ0) is 22.0. The number of benzene rings is 1. The van der Waals surface area contributed by atoms with Gasteiger partial charge in [-0.2, -0.15) is 5.10 Å². The van der Waals surface area contributed by atoms with Crippen molar-refractivity contribution < 1.29 is 14.3 Å². The zero-order valence-corrected chi connectivity index (χ0v) is 17.7. The number of hydrogen-bond donors (Lipinski definition) is 1. The van der Waals surface area contributed by atoms with Crippen LogP contribution in [0.1, 0.15) is 23.7 Å². The average Bonchev–Trinajstić information content (AvgIpc) is 3.42. The van der Waals surface area contributed by atoms with Gasteiger partial charge in [-0.3, -0.25) is 4.79 Å². The van der Waals surface area contributed by atoms with E-state index in [1.54, 1.807) is 19.1 Å². The molecular formula is C22H26N6O3. The van der Waals surface area contributed by atoms with Crippen molar-refractivity contribution in [1.82, 2.24) is 24.6 Å². The second-order valence-corrected chi connectivity index (χ2v) is 7.50. The second kappa shape index (κ2) is 8.63. The molecule has 2 N–H and O–H groups in total. The first-order chi connectivity index (χ1) is 15.0. The number of fused-ring (bicyclic) bond motifs is 1. The number of nitrogen functional groups attached to an aromatic ring is 1. The number of nitrogens with zero attached hydrogens (tertiary/aromatic N) is 5. The molecule has 31 heavy (non-hydrogen) atoms. The fourth-order valence-electron chi connectivity index (χ4n) is 4.04. The van der Waals surface area contributed by atoms with E-state index in [-0.39, 0.29) is 11.9 Å². The van der Waals surface area contributed by atoms with Crippen molar-refractivity contribution in [2.24, 2.45) is 0 Å². The summed E-state index contributed by atoms with van der Waals surface area (Å²) in [4.78, 5) is 22.4. The number of ether oxygens (including phenoxy) is 2. The molecule has 0 radical (unpaired) electrons. The molecule has 1 aromatic carbocycles. The summed E-state index contributed by atoms with van der Waals surface area (Å²) in [5.74, 6) is 1.82. The topological polar surface area (TPSA) is 108 Å². The highest BCUT2D eigenvalue weighted by Gasteiger charge is 2.29. The highest BCUT2D eigenvalue weighted by Crippen LogP contribution is 2.30. The molecule has 1 aliphatic rings. The molecule has 1 amide bonds. The summed E-state index contributed by atoms with van der Waals surface area (Å²) in [6.45, 7) is 4.81. The lowest BCUT2D eigenvalue weighted by molar-refractivity contribution is -0.125. The van der Waals surface area contributed by atoms with E-state index in [0.717, 1.165) is 41.0 Å². The molecule has 1 aliphatic heterocycles. The molecule has 9 nitrogen and oxygen atoms in total. The van der Waals surface area contributed by atoms with Gasteiger partial charge in [0.25, 0.3) is 0 Å². The maximum absolute atomic E-state index is 12.0. The largest absolute Gasteiger partial charge is 0.497 e. The fourth-order valence-corrected chi connectivity index (χ4v) is 4.04. The average molecular weight is 422 g/mol. The zero-order valence-electron chi connectivity index (χ0n) is 17.7. The van der Waals surface area contributed by atoms with Crippen LogP contribution in [0.15, 0.2) is 37.2 Å². The number of likely N-dealkylation sites (tertiary alicyclic amines) is 1. The van der Waals surface area contributed by atoms with Crippen molar-refractivity contribution in [3.05, 3.63) is 48.4 Å². The Morgan fingerprint density at radius 1 is 1.23 bits per heavy atom. The van der Waals surface area contributed by atoms with Gasteiger partial charge >= 0.3 is 0 Å². The van der Waals surface area contributed by atoms with Crippen LogP contribution in [0.3, 0.4) is 0 Å².